The van der Waals surface area contributed by atoms with Crippen LogP contribution in [0.25, 0.3) is 0 Å². The Kier molecular flexibility index (Phi) is 19.5. The second kappa shape index (κ2) is 21.8. The number of hydrogen-bond acceptors (Lipinski definition) is 8. The van der Waals surface area contributed by atoms with Gasteiger partial charge in [-0.1, -0.05) is 13.2 Å². The Labute approximate surface area is 214 Å². The second-order valence-corrected chi connectivity index (χ2v) is 7.74. The van der Waals surface area contributed by atoms with Crippen LogP contribution in [0.1, 0.15) is 0 Å². The first-order valence-corrected chi connectivity index (χ1v) is 12.3. The maximum Gasteiger partial charge on any atom is 0.169 e. The smallest absolute Gasteiger partial charge is 0.169 e. The lowest BCUT2D eigenvalue weighted by Crippen LogP contribution is -2.45. The van der Waals surface area contributed by atoms with Crippen molar-refractivity contribution < 1.29 is 28.4 Å². The normalized spacial score (nSPS) is 17.5. The largest absolute Gasteiger partial charge is 0.500 e. The van der Waals surface area contributed by atoms with Crippen molar-refractivity contribution in [2.75, 3.05) is 105 Å². The summed E-state index contributed by atoms with van der Waals surface area (Å²) in [5, 5.41) is 7.65. The summed E-state index contributed by atoms with van der Waals surface area (Å²) in [7, 11) is 0. The molecule has 0 spiro atoms. The molecule has 0 aromatic carbocycles. The first-order chi connectivity index (χ1) is 16.7. The molecule has 0 amide bonds. The zero-order valence-corrected chi connectivity index (χ0v) is 21.7. The lowest BCUT2D eigenvalue weighted by atomic mass is 10.5. The van der Waals surface area contributed by atoms with Gasteiger partial charge in [0, 0.05) is 26.2 Å². The predicted octanol–water partition coefficient (Wildman–Crippen LogP) is 0.740. The average molecular weight is 521 g/mol. The highest BCUT2D eigenvalue weighted by Gasteiger charge is 2.12. The highest BCUT2D eigenvalue weighted by atomic mass is 32.1. The van der Waals surface area contributed by atoms with E-state index in [0.717, 1.165) is 0 Å². The topological polar surface area (TPSA) is 85.9 Å². The zero-order chi connectivity index (χ0) is 24.7. The van der Waals surface area contributed by atoms with Gasteiger partial charge in [0.25, 0.3) is 0 Å². The molecule has 1 aliphatic rings. The van der Waals surface area contributed by atoms with Crippen molar-refractivity contribution in [2.45, 2.75) is 0 Å². The summed E-state index contributed by atoms with van der Waals surface area (Å²) < 4.78 is 33.1. The van der Waals surface area contributed by atoms with E-state index in [1.807, 2.05) is 9.80 Å². The quantitative estimate of drug-likeness (QED) is 0.269. The number of ether oxygens (including phenoxy) is 6. The summed E-state index contributed by atoms with van der Waals surface area (Å²) in [5.74, 6) is 0. The van der Waals surface area contributed by atoms with E-state index >= 15 is 0 Å². The van der Waals surface area contributed by atoms with Gasteiger partial charge in [0.05, 0.1) is 78.5 Å². The van der Waals surface area contributed by atoms with Crippen LogP contribution in [0, 0.1) is 0 Å². The SMILES string of the molecule is C=COCCNC(=S)N1CCOCCOCCOCCN(C(=S)NCCOC=C)CCOCC1. The highest BCUT2D eigenvalue weighted by molar-refractivity contribution is 7.80. The summed E-state index contributed by atoms with van der Waals surface area (Å²) >= 11 is 11.1. The van der Waals surface area contributed by atoms with Crippen LogP contribution in [0.4, 0.5) is 0 Å². The summed E-state index contributed by atoms with van der Waals surface area (Å²) in [5.41, 5.74) is 0. The Balaban J connectivity index is 2.55. The highest BCUT2D eigenvalue weighted by Crippen LogP contribution is 1.96. The minimum atomic E-state index is 0.495. The van der Waals surface area contributed by atoms with Crippen molar-refractivity contribution in [2.24, 2.45) is 0 Å². The molecule has 1 fully saturated rings. The van der Waals surface area contributed by atoms with Crippen molar-refractivity contribution in [3.8, 4) is 0 Å². The number of nitrogens with zero attached hydrogens (tertiary/aromatic N) is 2. The predicted molar refractivity (Wildman–Crippen MR) is 140 cm³/mol. The lowest BCUT2D eigenvalue weighted by Gasteiger charge is -2.27. The Bertz CT molecular complexity index is 528. The van der Waals surface area contributed by atoms with Gasteiger partial charge in [-0.2, -0.15) is 0 Å². The molecule has 12 heteroatoms. The van der Waals surface area contributed by atoms with E-state index in [0.29, 0.717) is 116 Å². The number of thiocarbonyl (C=S) groups is 2. The van der Waals surface area contributed by atoms with Gasteiger partial charge >= 0.3 is 0 Å². The van der Waals surface area contributed by atoms with Crippen LogP contribution < -0.4 is 10.6 Å². The standard InChI is InChI=1S/C22H40N4O6S2/c1-3-27-11-5-23-21(33)25-7-13-29-14-8-26(22(34)24-6-12-28-4-2)10-16-31-18-20-32-19-17-30-15-9-25/h3-4H,1-2,5-20H2,(H,23,33)(H,24,34). The molecule has 1 heterocycles. The van der Waals surface area contributed by atoms with Gasteiger partial charge < -0.3 is 48.9 Å². The third-order valence-corrected chi connectivity index (χ3v) is 5.37. The molecule has 0 aromatic rings. The zero-order valence-electron chi connectivity index (χ0n) is 20.0. The van der Waals surface area contributed by atoms with Crippen molar-refractivity contribution in [1.82, 2.24) is 20.4 Å². The molecule has 0 atom stereocenters. The van der Waals surface area contributed by atoms with Crippen LogP contribution >= 0.6 is 24.4 Å². The molecule has 0 aromatic heterocycles. The fraction of sp³-hybridized carbons (Fsp3) is 0.727. The molecule has 1 rings (SSSR count). The summed E-state index contributed by atoms with van der Waals surface area (Å²) in [4.78, 5) is 4.06. The number of rotatable bonds is 8. The van der Waals surface area contributed by atoms with Crippen molar-refractivity contribution in [3.63, 3.8) is 0 Å². The van der Waals surface area contributed by atoms with Crippen LogP contribution in [0.3, 0.4) is 0 Å². The second-order valence-electron chi connectivity index (χ2n) is 6.96. The fourth-order valence-electron chi connectivity index (χ4n) is 2.80. The van der Waals surface area contributed by atoms with Gasteiger partial charge in [0.1, 0.15) is 13.2 Å². The molecule has 0 unspecified atom stereocenters. The molecule has 0 bridgehead atoms. The fourth-order valence-corrected chi connectivity index (χ4v) is 3.37. The average Bonchev–Trinajstić information content (AvgIpc) is 2.84. The van der Waals surface area contributed by atoms with Gasteiger partial charge in [-0.05, 0) is 24.4 Å². The van der Waals surface area contributed by atoms with Gasteiger partial charge in [-0.25, -0.2) is 0 Å². The van der Waals surface area contributed by atoms with Gasteiger partial charge in [-0.3, -0.25) is 0 Å². The van der Waals surface area contributed by atoms with E-state index in [9.17, 15) is 0 Å². The maximum absolute atomic E-state index is 5.89. The third kappa shape index (κ3) is 16.0. The van der Waals surface area contributed by atoms with E-state index < -0.39 is 0 Å². The van der Waals surface area contributed by atoms with Crippen LogP contribution in [-0.2, 0) is 28.4 Å². The monoisotopic (exact) mass is 520 g/mol. The van der Waals surface area contributed by atoms with Crippen LogP contribution in [0.15, 0.2) is 25.7 Å². The third-order valence-electron chi connectivity index (χ3n) is 4.57. The van der Waals surface area contributed by atoms with E-state index in [2.05, 4.69) is 23.8 Å². The molecule has 2 N–H and O–H groups in total. The van der Waals surface area contributed by atoms with Crippen LogP contribution in [-0.4, -0.2) is 125 Å². The van der Waals surface area contributed by atoms with Crippen molar-refractivity contribution in [3.05, 3.63) is 25.7 Å². The molecule has 1 aliphatic heterocycles. The molecular weight excluding hydrogens is 480 g/mol. The van der Waals surface area contributed by atoms with Crippen LogP contribution in [0.2, 0.25) is 0 Å². The van der Waals surface area contributed by atoms with Gasteiger partial charge in [0.15, 0.2) is 10.2 Å². The van der Waals surface area contributed by atoms with E-state index in [1.165, 1.54) is 12.5 Å². The Morgan fingerprint density at radius 2 is 0.971 bits per heavy atom. The van der Waals surface area contributed by atoms with Crippen molar-refractivity contribution >= 4 is 34.7 Å². The molecule has 10 nitrogen and oxygen atoms in total. The van der Waals surface area contributed by atoms with E-state index in [4.69, 9.17) is 52.9 Å². The first kappa shape index (κ1) is 30.3. The molecule has 1 saturated heterocycles. The lowest BCUT2D eigenvalue weighted by molar-refractivity contribution is 0.00800. The summed E-state index contributed by atoms with van der Waals surface area (Å²) in [6.45, 7) is 16.0. The Hall–Kier alpha value is -1.70. The van der Waals surface area contributed by atoms with E-state index in [1.54, 1.807) is 0 Å². The molecule has 0 radical (unpaired) electrons. The van der Waals surface area contributed by atoms with Crippen molar-refractivity contribution in [1.29, 1.82) is 0 Å². The number of hydrogen-bond donors (Lipinski definition) is 2. The minimum Gasteiger partial charge on any atom is -0.500 e. The molecule has 196 valence electrons. The van der Waals surface area contributed by atoms with Gasteiger partial charge in [-0.15, -0.1) is 0 Å². The Morgan fingerprint density at radius 3 is 1.32 bits per heavy atom. The minimum absolute atomic E-state index is 0.495. The molecule has 0 saturated carbocycles. The summed E-state index contributed by atoms with van der Waals surface area (Å²) in [6.07, 6.45) is 2.83. The number of nitrogens with one attached hydrogen (secondary N) is 2. The molecular formula is C22H40N4O6S2. The molecule has 0 aliphatic carbocycles. The van der Waals surface area contributed by atoms with Crippen LogP contribution in [0.5, 0.6) is 0 Å². The summed E-state index contributed by atoms with van der Waals surface area (Å²) in [6, 6.07) is 0. The maximum atomic E-state index is 5.89. The van der Waals surface area contributed by atoms with E-state index in [-0.39, 0.29) is 0 Å². The molecule has 34 heavy (non-hydrogen) atoms. The first-order valence-electron chi connectivity index (χ1n) is 11.5. The van der Waals surface area contributed by atoms with Gasteiger partial charge in [0.2, 0.25) is 0 Å². The Morgan fingerprint density at radius 1 is 0.647 bits per heavy atom.